The maximum atomic E-state index is 12.1. The fourth-order valence-electron chi connectivity index (χ4n) is 2.13. The first kappa shape index (κ1) is 18.3. The number of pyridine rings is 1. The Bertz CT molecular complexity index is 880. The molecule has 0 radical (unpaired) electrons. The SMILES string of the molecule is O=C(Cc1ccc(-n2cnnn2)cc1)Nc1ccc(OCC(F)(F)F)nc1. The normalized spacial score (nSPS) is 11.2. The van der Waals surface area contributed by atoms with Crippen LogP contribution >= 0.6 is 0 Å². The molecule has 0 aliphatic rings. The van der Waals surface area contributed by atoms with Gasteiger partial charge < -0.3 is 10.1 Å². The van der Waals surface area contributed by atoms with E-state index in [4.69, 9.17) is 0 Å². The Morgan fingerprint density at radius 3 is 2.52 bits per heavy atom. The number of rotatable bonds is 6. The zero-order chi connectivity index (χ0) is 19.3. The number of aromatic nitrogens is 5. The van der Waals surface area contributed by atoms with Crippen LogP contribution in [0.25, 0.3) is 5.69 Å². The van der Waals surface area contributed by atoms with Crippen LogP contribution in [0.4, 0.5) is 18.9 Å². The molecule has 0 atom stereocenters. The van der Waals surface area contributed by atoms with E-state index in [9.17, 15) is 18.0 Å². The lowest BCUT2D eigenvalue weighted by Gasteiger charge is -2.09. The lowest BCUT2D eigenvalue weighted by atomic mass is 10.1. The molecule has 0 bridgehead atoms. The zero-order valence-corrected chi connectivity index (χ0v) is 13.7. The molecule has 0 saturated carbocycles. The van der Waals surface area contributed by atoms with Crippen LogP contribution in [-0.4, -0.2) is 43.9 Å². The van der Waals surface area contributed by atoms with Crippen molar-refractivity contribution in [2.45, 2.75) is 12.6 Å². The highest BCUT2D eigenvalue weighted by molar-refractivity contribution is 5.92. The third-order valence-electron chi connectivity index (χ3n) is 3.32. The summed E-state index contributed by atoms with van der Waals surface area (Å²) in [7, 11) is 0. The van der Waals surface area contributed by atoms with Crippen molar-refractivity contribution in [3.63, 3.8) is 0 Å². The molecule has 3 aromatic rings. The number of amides is 1. The third kappa shape index (κ3) is 5.49. The van der Waals surface area contributed by atoms with Crippen LogP contribution in [-0.2, 0) is 11.2 Å². The van der Waals surface area contributed by atoms with Gasteiger partial charge in [0.2, 0.25) is 11.8 Å². The number of halogens is 3. The molecular formula is C16H13F3N6O2. The second-order valence-electron chi connectivity index (χ2n) is 5.43. The van der Waals surface area contributed by atoms with E-state index < -0.39 is 12.8 Å². The molecule has 27 heavy (non-hydrogen) atoms. The molecule has 2 heterocycles. The molecule has 8 nitrogen and oxygen atoms in total. The van der Waals surface area contributed by atoms with Crippen LogP contribution in [0.5, 0.6) is 5.88 Å². The average molecular weight is 378 g/mol. The summed E-state index contributed by atoms with van der Waals surface area (Å²) in [5.74, 6) is -0.473. The van der Waals surface area contributed by atoms with Gasteiger partial charge in [0, 0.05) is 6.07 Å². The lowest BCUT2D eigenvalue weighted by Crippen LogP contribution is -2.19. The van der Waals surface area contributed by atoms with Crippen molar-refractivity contribution in [1.82, 2.24) is 25.2 Å². The number of anilines is 1. The summed E-state index contributed by atoms with van der Waals surface area (Å²) < 4.78 is 42.2. The maximum absolute atomic E-state index is 12.1. The van der Waals surface area contributed by atoms with Crippen LogP contribution in [0.2, 0.25) is 0 Å². The van der Waals surface area contributed by atoms with Crippen molar-refractivity contribution >= 4 is 11.6 Å². The predicted octanol–water partition coefficient (Wildman–Crippen LogP) is 2.18. The lowest BCUT2D eigenvalue weighted by molar-refractivity contribution is -0.154. The van der Waals surface area contributed by atoms with Gasteiger partial charge in [-0.15, -0.1) is 5.10 Å². The number of hydrogen-bond acceptors (Lipinski definition) is 6. The number of carbonyl (C=O) groups excluding carboxylic acids is 1. The number of tetrazole rings is 1. The first-order chi connectivity index (χ1) is 12.9. The molecule has 0 aliphatic carbocycles. The summed E-state index contributed by atoms with van der Waals surface area (Å²) in [6.45, 7) is -1.42. The molecule has 11 heteroatoms. The number of carbonyl (C=O) groups is 1. The van der Waals surface area contributed by atoms with Gasteiger partial charge in [-0.25, -0.2) is 9.67 Å². The Morgan fingerprint density at radius 2 is 1.93 bits per heavy atom. The number of nitrogens with one attached hydrogen (secondary N) is 1. The topological polar surface area (TPSA) is 94.8 Å². The van der Waals surface area contributed by atoms with Crippen LogP contribution in [0.3, 0.4) is 0 Å². The molecule has 2 aromatic heterocycles. The molecule has 1 aromatic carbocycles. The second-order valence-corrected chi connectivity index (χ2v) is 5.43. The van der Waals surface area contributed by atoms with Crippen molar-refractivity contribution < 1.29 is 22.7 Å². The Balaban J connectivity index is 1.53. The van der Waals surface area contributed by atoms with Gasteiger partial charge in [-0.05, 0) is 34.2 Å². The summed E-state index contributed by atoms with van der Waals surface area (Å²) in [4.78, 5) is 15.8. The van der Waals surface area contributed by atoms with E-state index >= 15 is 0 Å². The summed E-state index contributed by atoms with van der Waals surface area (Å²) in [6, 6.07) is 9.74. The van der Waals surface area contributed by atoms with Gasteiger partial charge in [-0.1, -0.05) is 12.1 Å². The molecule has 140 valence electrons. The molecule has 0 aliphatic heterocycles. The number of nitrogens with zero attached hydrogens (tertiary/aromatic N) is 5. The van der Waals surface area contributed by atoms with Gasteiger partial charge in [0.15, 0.2) is 6.61 Å². The van der Waals surface area contributed by atoms with E-state index in [-0.39, 0.29) is 18.2 Å². The largest absolute Gasteiger partial charge is 0.468 e. The highest BCUT2D eigenvalue weighted by Crippen LogP contribution is 2.18. The molecular weight excluding hydrogens is 365 g/mol. The van der Waals surface area contributed by atoms with Gasteiger partial charge >= 0.3 is 6.18 Å². The number of hydrogen-bond donors (Lipinski definition) is 1. The number of ether oxygens (including phenoxy) is 1. The van der Waals surface area contributed by atoms with Crippen LogP contribution < -0.4 is 10.1 Å². The number of benzene rings is 1. The number of alkyl halides is 3. The van der Waals surface area contributed by atoms with Gasteiger partial charge in [0.1, 0.15) is 6.33 Å². The van der Waals surface area contributed by atoms with Crippen molar-refractivity contribution in [3.05, 3.63) is 54.5 Å². The summed E-state index contributed by atoms with van der Waals surface area (Å²) >= 11 is 0. The van der Waals surface area contributed by atoms with Gasteiger partial charge in [-0.2, -0.15) is 13.2 Å². The van der Waals surface area contributed by atoms with E-state index in [1.807, 2.05) is 0 Å². The molecule has 1 N–H and O–H groups in total. The first-order valence-corrected chi connectivity index (χ1v) is 7.67. The van der Waals surface area contributed by atoms with E-state index in [1.54, 1.807) is 24.3 Å². The van der Waals surface area contributed by atoms with Crippen LogP contribution in [0, 0.1) is 0 Å². The third-order valence-corrected chi connectivity index (χ3v) is 3.32. The maximum Gasteiger partial charge on any atom is 0.422 e. The van der Waals surface area contributed by atoms with Crippen molar-refractivity contribution in [1.29, 1.82) is 0 Å². The standard InChI is InChI=1S/C16H13F3N6O2/c17-16(18,19)9-27-15-6-3-12(8-20-15)22-14(26)7-11-1-4-13(5-2-11)25-10-21-23-24-25/h1-6,8,10H,7,9H2,(H,22,26). The predicted molar refractivity (Wildman–Crippen MR) is 87.3 cm³/mol. The van der Waals surface area contributed by atoms with Crippen LogP contribution in [0.15, 0.2) is 48.9 Å². The average Bonchev–Trinajstić information content (AvgIpc) is 3.16. The zero-order valence-electron chi connectivity index (χ0n) is 13.7. The highest BCUT2D eigenvalue weighted by Gasteiger charge is 2.28. The van der Waals surface area contributed by atoms with Crippen LogP contribution in [0.1, 0.15) is 5.56 Å². The van der Waals surface area contributed by atoms with E-state index in [0.29, 0.717) is 5.69 Å². The molecule has 1 amide bonds. The van der Waals surface area contributed by atoms with Gasteiger partial charge in [0.05, 0.1) is 24.0 Å². The second kappa shape index (κ2) is 7.81. The van der Waals surface area contributed by atoms with Crippen molar-refractivity contribution in [2.75, 3.05) is 11.9 Å². The molecule has 3 rings (SSSR count). The Labute approximate surface area is 151 Å². The minimum absolute atomic E-state index is 0.113. The minimum Gasteiger partial charge on any atom is -0.468 e. The van der Waals surface area contributed by atoms with Crippen molar-refractivity contribution in [2.24, 2.45) is 0 Å². The monoisotopic (exact) mass is 378 g/mol. The van der Waals surface area contributed by atoms with Crippen molar-refractivity contribution in [3.8, 4) is 11.6 Å². The first-order valence-electron chi connectivity index (χ1n) is 7.67. The summed E-state index contributed by atoms with van der Waals surface area (Å²) in [6.07, 6.45) is -1.64. The summed E-state index contributed by atoms with van der Waals surface area (Å²) in [5, 5.41) is 13.5. The minimum atomic E-state index is -4.44. The fraction of sp³-hybridized carbons (Fsp3) is 0.188. The summed E-state index contributed by atoms with van der Waals surface area (Å²) in [5.41, 5.74) is 1.87. The Kier molecular flexibility index (Phi) is 5.29. The van der Waals surface area contributed by atoms with Gasteiger partial charge in [-0.3, -0.25) is 4.79 Å². The Morgan fingerprint density at radius 1 is 1.15 bits per heavy atom. The van der Waals surface area contributed by atoms with E-state index in [0.717, 1.165) is 11.3 Å². The highest BCUT2D eigenvalue weighted by atomic mass is 19.4. The van der Waals surface area contributed by atoms with E-state index in [2.05, 4.69) is 30.6 Å². The fourth-order valence-corrected chi connectivity index (χ4v) is 2.13. The molecule has 0 saturated heterocycles. The van der Waals surface area contributed by atoms with Gasteiger partial charge in [0.25, 0.3) is 0 Å². The smallest absolute Gasteiger partial charge is 0.422 e. The molecule has 0 spiro atoms. The molecule has 0 fully saturated rings. The Hall–Kier alpha value is -3.50. The van der Waals surface area contributed by atoms with E-state index in [1.165, 1.54) is 29.3 Å². The quantitative estimate of drug-likeness (QED) is 0.707. The molecule has 0 unspecified atom stereocenters.